The van der Waals surface area contributed by atoms with Crippen LogP contribution in [0.4, 0.5) is 18.9 Å². The fraction of sp³-hybridized carbons (Fsp3) is 0.133. The Balaban J connectivity index is 1.69. The molecule has 0 aliphatic rings. The molecule has 0 saturated carbocycles. The number of carbonyl (C=O) groups excluding carboxylic acids is 1. The molecule has 0 radical (unpaired) electrons. The van der Waals surface area contributed by atoms with Crippen molar-refractivity contribution in [1.29, 1.82) is 0 Å². The van der Waals surface area contributed by atoms with Crippen LogP contribution >= 0.6 is 0 Å². The average Bonchev–Trinajstić information content (AvgIpc) is 3.26. The zero-order valence-electron chi connectivity index (χ0n) is 21.8. The van der Waals surface area contributed by atoms with Crippen LogP contribution in [0.3, 0.4) is 0 Å². The molecule has 3 heterocycles. The number of hydrogen-bond donors (Lipinski definition) is 2. The van der Waals surface area contributed by atoms with Gasteiger partial charge in [-0.2, -0.15) is 13.2 Å². The second-order valence-electron chi connectivity index (χ2n) is 9.38. The van der Waals surface area contributed by atoms with Gasteiger partial charge in [-0.15, -0.1) is 0 Å². The average molecular weight is 561 g/mol. The van der Waals surface area contributed by atoms with Gasteiger partial charge in [0.1, 0.15) is 5.75 Å². The molecular weight excluding hydrogens is 537 g/mol. The first-order chi connectivity index (χ1) is 19.5. The van der Waals surface area contributed by atoms with Crippen molar-refractivity contribution >= 4 is 28.5 Å². The quantitative estimate of drug-likeness (QED) is 0.226. The van der Waals surface area contributed by atoms with Crippen LogP contribution in [-0.2, 0) is 6.18 Å². The first-order valence-electron chi connectivity index (χ1n) is 12.5. The van der Waals surface area contributed by atoms with Crippen LogP contribution in [0.2, 0.25) is 0 Å². The van der Waals surface area contributed by atoms with Gasteiger partial charge >= 0.3 is 12.1 Å². The lowest BCUT2D eigenvalue weighted by Gasteiger charge is -2.13. The number of carboxylic acid groups (broad SMARTS) is 1. The van der Waals surface area contributed by atoms with E-state index < -0.39 is 23.6 Å². The number of aromatic carboxylic acids is 1. The summed E-state index contributed by atoms with van der Waals surface area (Å²) in [5, 5.41) is 13.4. The van der Waals surface area contributed by atoms with Gasteiger partial charge in [0, 0.05) is 35.2 Å². The number of rotatable bonds is 7. The third-order valence-electron chi connectivity index (χ3n) is 6.19. The first kappa shape index (κ1) is 27.4. The van der Waals surface area contributed by atoms with Gasteiger partial charge in [0.15, 0.2) is 5.69 Å². The molecular formula is C30H23F3N4O4. The number of benzene rings is 2. The number of nitrogens with one attached hydrogen (secondary N) is 1. The van der Waals surface area contributed by atoms with Crippen LogP contribution in [0, 0.1) is 0 Å². The summed E-state index contributed by atoms with van der Waals surface area (Å²) >= 11 is 0. The minimum Gasteiger partial charge on any atom is -0.491 e. The van der Waals surface area contributed by atoms with Gasteiger partial charge in [-0.25, -0.2) is 4.79 Å². The third kappa shape index (κ3) is 5.60. The van der Waals surface area contributed by atoms with Crippen molar-refractivity contribution in [3.8, 4) is 22.7 Å². The molecule has 41 heavy (non-hydrogen) atoms. The molecule has 0 aliphatic carbocycles. The zero-order chi connectivity index (χ0) is 29.3. The highest BCUT2D eigenvalue weighted by Gasteiger charge is 2.31. The normalized spacial score (nSPS) is 11.6. The second kappa shape index (κ2) is 10.8. The van der Waals surface area contributed by atoms with Crippen LogP contribution in [0.5, 0.6) is 5.75 Å². The maximum Gasteiger partial charge on any atom is 0.417 e. The summed E-state index contributed by atoms with van der Waals surface area (Å²) in [7, 11) is 0. The van der Waals surface area contributed by atoms with Crippen molar-refractivity contribution in [2.75, 3.05) is 5.32 Å². The van der Waals surface area contributed by atoms with E-state index in [9.17, 15) is 27.9 Å². The first-order valence-corrected chi connectivity index (χ1v) is 12.5. The topological polar surface area (TPSA) is 106 Å². The van der Waals surface area contributed by atoms with E-state index in [1.54, 1.807) is 48.5 Å². The van der Waals surface area contributed by atoms with Crippen LogP contribution in [0.15, 0.2) is 85.3 Å². The van der Waals surface area contributed by atoms with Gasteiger partial charge in [-0.05, 0) is 74.5 Å². The Labute approximate surface area is 232 Å². The lowest BCUT2D eigenvalue weighted by molar-refractivity contribution is -0.137. The summed E-state index contributed by atoms with van der Waals surface area (Å²) in [6.45, 7) is 3.77. The minimum atomic E-state index is -4.54. The van der Waals surface area contributed by atoms with Gasteiger partial charge < -0.3 is 19.7 Å². The predicted molar refractivity (Wildman–Crippen MR) is 146 cm³/mol. The number of alkyl halides is 3. The molecule has 1 amide bonds. The standard InChI is InChI=1S/C30H23F3N4O4/c1-17(2)41-22-9-7-21(8-10-22)37-25-12-5-18(24-11-6-20(16-35-24)30(31,32)33)14-23(25)26(27(37)29(39)40)36-28(38)19-4-3-13-34-15-19/h3-17H,1-2H3,(H,36,38)(H,39,40). The van der Waals surface area contributed by atoms with E-state index in [-0.39, 0.29) is 28.7 Å². The fourth-order valence-electron chi connectivity index (χ4n) is 4.41. The molecule has 0 unspecified atom stereocenters. The Kier molecular flexibility index (Phi) is 7.19. The summed E-state index contributed by atoms with van der Waals surface area (Å²) in [6, 6.07) is 16.9. The molecule has 11 heteroatoms. The number of amides is 1. The molecule has 0 fully saturated rings. The predicted octanol–water partition coefficient (Wildman–Crippen LogP) is 6.84. The fourth-order valence-corrected chi connectivity index (χ4v) is 4.41. The van der Waals surface area contributed by atoms with Crippen molar-refractivity contribution in [2.24, 2.45) is 0 Å². The lowest BCUT2D eigenvalue weighted by atomic mass is 10.1. The highest BCUT2D eigenvalue weighted by molar-refractivity contribution is 6.15. The van der Waals surface area contributed by atoms with Crippen molar-refractivity contribution in [3.63, 3.8) is 0 Å². The van der Waals surface area contributed by atoms with E-state index in [4.69, 9.17) is 4.74 Å². The smallest absolute Gasteiger partial charge is 0.417 e. The van der Waals surface area contributed by atoms with Gasteiger partial charge in [0.2, 0.25) is 0 Å². The molecule has 2 aromatic carbocycles. The number of nitrogens with zero attached hydrogens (tertiary/aromatic N) is 3. The van der Waals surface area contributed by atoms with Crippen molar-refractivity contribution in [3.05, 3.63) is 102 Å². The molecule has 0 aliphatic heterocycles. The number of fused-ring (bicyclic) bond motifs is 1. The monoisotopic (exact) mass is 560 g/mol. The molecule has 5 aromatic rings. The Bertz CT molecular complexity index is 1730. The molecule has 3 aromatic heterocycles. The second-order valence-corrected chi connectivity index (χ2v) is 9.38. The Morgan fingerprint density at radius 2 is 1.76 bits per heavy atom. The molecule has 208 valence electrons. The van der Waals surface area contributed by atoms with Gasteiger partial charge in [-0.1, -0.05) is 6.07 Å². The number of aromatic nitrogens is 3. The summed E-state index contributed by atoms with van der Waals surface area (Å²) in [5.41, 5.74) is 0.714. The third-order valence-corrected chi connectivity index (χ3v) is 6.19. The molecule has 0 atom stereocenters. The molecule has 0 saturated heterocycles. The van der Waals surface area contributed by atoms with Crippen LogP contribution in [0.1, 0.15) is 40.3 Å². The SMILES string of the molecule is CC(C)Oc1ccc(-n2c(C(=O)O)c(NC(=O)c3cccnc3)c3cc(-c4ccc(C(F)(F)F)cn4)ccc32)cc1. The van der Waals surface area contributed by atoms with Gasteiger partial charge in [-0.3, -0.25) is 14.8 Å². The molecule has 8 nitrogen and oxygen atoms in total. The summed E-state index contributed by atoms with van der Waals surface area (Å²) in [6.07, 6.45) is -1.02. The van der Waals surface area contributed by atoms with Crippen LogP contribution in [0.25, 0.3) is 27.8 Å². The summed E-state index contributed by atoms with van der Waals surface area (Å²) in [5.74, 6) is -1.30. The van der Waals surface area contributed by atoms with Gasteiger partial charge in [0.25, 0.3) is 5.91 Å². The van der Waals surface area contributed by atoms with E-state index in [1.807, 2.05) is 13.8 Å². The number of ether oxygens (including phenoxy) is 1. The maximum atomic E-state index is 13.1. The van der Waals surface area contributed by atoms with Crippen molar-refractivity contribution < 1.29 is 32.6 Å². The highest BCUT2D eigenvalue weighted by Crippen LogP contribution is 2.38. The lowest BCUT2D eigenvalue weighted by Crippen LogP contribution is -2.16. The molecule has 0 spiro atoms. The Morgan fingerprint density at radius 3 is 2.34 bits per heavy atom. The van der Waals surface area contributed by atoms with E-state index in [1.165, 1.54) is 29.1 Å². The van der Waals surface area contributed by atoms with Gasteiger partial charge in [0.05, 0.1) is 34.1 Å². The maximum absolute atomic E-state index is 13.1. The van der Waals surface area contributed by atoms with Crippen LogP contribution in [-0.4, -0.2) is 37.6 Å². The minimum absolute atomic E-state index is 0.0117. The van der Waals surface area contributed by atoms with Crippen LogP contribution < -0.4 is 10.1 Å². The Morgan fingerprint density at radius 1 is 1.00 bits per heavy atom. The number of anilines is 1. The largest absolute Gasteiger partial charge is 0.491 e. The highest BCUT2D eigenvalue weighted by atomic mass is 19.4. The number of carbonyl (C=O) groups is 2. The number of pyridine rings is 2. The zero-order valence-corrected chi connectivity index (χ0v) is 21.8. The Hall–Kier alpha value is -5.19. The number of hydrogen-bond acceptors (Lipinski definition) is 5. The molecule has 2 N–H and O–H groups in total. The molecule has 0 bridgehead atoms. The van der Waals surface area contributed by atoms with E-state index in [0.717, 1.165) is 12.3 Å². The summed E-state index contributed by atoms with van der Waals surface area (Å²) < 4.78 is 46.4. The van der Waals surface area contributed by atoms with E-state index >= 15 is 0 Å². The summed E-state index contributed by atoms with van der Waals surface area (Å²) in [4.78, 5) is 33.7. The van der Waals surface area contributed by atoms with Crippen molar-refractivity contribution in [2.45, 2.75) is 26.1 Å². The number of halogens is 3. The van der Waals surface area contributed by atoms with E-state index in [0.29, 0.717) is 27.9 Å². The van der Waals surface area contributed by atoms with E-state index in [2.05, 4.69) is 15.3 Å². The molecule has 5 rings (SSSR count). The number of carboxylic acids is 1. The van der Waals surface area contributed by atoms with Crippen molar-refractivity contribution in [1.82, 2.24) is 14.5 Å².